The van der Waals surface area contributed by atoms with Gasteiger partial charge in [0, 0.05) is 10.9 Å². The molecule has 0 aliphatic carbocycles. The molecule has 0 radical (unpaired) electrons. The monoisotopic (exact) mass is 370 g/mol. The number of benzene rings is 3. The number of ether oxygens (including phenoxy) is 1. The predicted molar refractivity (Wildman–Crippen MR) is 112 cm³/mol. The lowest BCUT2D eigenvalue weighted by atomic mass is 10.0. The molecular weight excluding hydrogens is 348 g/mol. The molecule has 1 aromatic heterocycles. The van der Waals surface area contributed by atoms with Crippen LogP contribution < -0.4 is 4.74 Å². The van der Waals surface area contributed by atoms with Crippen LogP contribution in [-0.4, -0.2) is 21.7 Å². The highest BCUT2D eigenvalue weighted by molar-refractivity contribution is 5.94. The Morgan fingerprint density at radius 1 is 0.929 bits per heavy atom. The van der Waals surface area contributed by atoms with Crippen molar-refractivity contribution >= 4 is 16.7 Å². The number of nitrogens with zero attached hydrogens (tertiary/aromatic N) is 2. The van der Waals surface area contributed by atoms with Gasteiger partial charge < -0.3 is 4.74 Å². The van der Waals surface area contributed by atoms with E-state index in [1.807, 2.05) is 73.3 Å². The number of Topliss-reactive ketones (excluding diaryl/α,β-unsaturated/α-hetero) is 1. The van der Waals surface area contributed by atoms with E-state index in [1.54, 1.807) is 6.92 Å². The second-order valence-corrected chi connectivity index (χ2v) is 7.12. The SMILES string of the molecule is CC(=O)c1ccc(-c2ccc3cnn(-c4ccc(OC(C)C)cc4)c3c2)cc1. The molecule has 0 N–H and O–H groups in total. The smallest absolute Gasteiger partial charge is 0.159 e. The van der Waals surface area contributed by atoms with Crippen molar-refractivity contribution in [2.75, 3.05) is 0 Å². The van der Waals surface area contributed by atoms with Crippen molar-refractivity contribution in [3.63, 3.8) is 0 Å². The maximum atomic E-state index is 11.5. The van der Waals surface area contributed by atoms with Crippen molar-refractivity contribution in [2.45, 2.75) is 26.9 Å². The summed E-state index contributed by atoms with van der Waals surface area (Å²) in [6, 6.07) is 21.9. The second kappa shape index (κ2) is 7.31. The fourth-order valence-electron chi connectivity index (χ4n) is 3.24. The van der Waals surface area contributed by atoms with E-state index in [-0.39, 0.29) is 11.9 Å². The topological polar surface area (TPSA) is 44.1 Å². The molecule has 4 nitrogen and oxygen atoms in total. The van der Waals surface area contributed by atoms with E-state index in [0.29, 0.717) is 0 Å². The van der Waals surface area contributed by atoms with Gasteiger partial charge in [0.05, 0.1) is 23.5 Å². The molecule has 0 aliphatic rings. The van der Waals surface area contributed by atoms with Gasteiger partial charge in [-0.2, -0.15) is 5.10 Å². The van der Waals surface area contributed by atoms with Crippen molar-refractivity contribution < 1.29 is 9.53 Å². The number of carbonyl (C=O) groups is 1. The first-order valence-corrected chi connectivity index (χ1v) is 9.37. The highest BCUT2D eigenvalue weighted by Crippen LogP contribution is 2.27. The number of rotatable bonds is 5. The molecule has 0 spiro atoms. The normalized spacial score (nSPS) is 11.1. The van der Waals surface area contributed by atoms with Gasteiger partial charge in [-0.05, 0) is 62.2 Å². The maximum Gasteiger partial charge on any atom is 0.159 e. The molecule has 4 rings (SSSR count). The minimum atomic E-state index is 0.0740. The van der Waals surface area contributed by atoms with E-state index in [0.717, 1.165) is 39.0 Å². The Morgan fingerprint density at radius 2 is 1.61 bits per heavy atom. The van der Waals surface area contributed by atoms with E-state index < -0.39 is 0 Å². The number of hydrogen-bond acceptors (Lipinski definition) is 3. The lowest BCUT2D eigenvalue weighted by Crippen LogP contribution is -2.05. The van der Waals surface area contributed by atoms with Gasteiger partial charge in [-0.25, -0.2) is 4.68 Å². The van der Waals surface area contributed by atoms with Gasteiger partial charge in [0.15, 0.2) is 5.78 Å². The minimum Gasteiger partial charge on any atom is -0.491 e. The number of fused-ring (bicyclic) bond motifs is 1. The van der Waals surface area contributed by atoms with E-state index in [4.69, 9.17) is 4.74 Å². The third-order valence-electron chi connectivity index (χ3n) is 4.65. The van der Waals surface area contributed by atoms with Crippen molar-refractivity contribution in [1.29, 1.82) is 0 Å². The van der Waals surface area contributed by atoms with Crippen LogP contribution in [0.1, 0.15) is 31.1 Å². The zero-order chi connectivity index (χ0) is 19.7. The zero-order valence-corrected chi connectivity index (χ0v) is 16.2. The summed E-state index contributed by atoms with van der Waals surface area (Å²) in [7, 11) is 0. The van der Waals surface area contributed by atoms with Gasteiger partial charge in [-0.3, -0.25) is 4.79 Å². The van der Waals surface area contributed by atoms with Crippen molar-refractivity contribution in [3.05, 3.63) is 78.5 Å². The Labute approximate surface area is 164 Å². The van der Waals surface area contributed by atoms with Crippen LogP contribution >= 0.6 is 0 Å². The second-order valence-electron chi connectivity index (χ2n) is 7.12. The maximum absolute atomic E-state index is 11.5. The predicted octanol–water partition coefficient (Wildman–Crippen LogP) is 5.68. The number of aromatic nitrogens is 2. The molecular formula is C24H22N2O2. The first-order chi connectivity index (χ1) is 13.5. The van der Waals surface area contributed by atoms with Gasteiger partial charge in [0.1, 0.15) is 5.75 Å². The fourth-order valence-corrected chi connectivity index (χ4v) is 3.24. The lowest BCUT2D eigenvalue weighted by molar-refractivity contribution is 0.101. The minimum absolute atomic E-state index is 0.0740. The molecule has 140 valence electrons. The third kappa shape index (κ3) is 3.54. The summed E-state index contributed by atoms with van der Waals surface area (Å²) < 4.78 is 7.66. The van der Waals surface area contributed by atoms with Crippen LogP contribution in [0.25, 0.3) is 27.7 Å². The number of carbonyl (C=O) groups excluding carboxylic acids is 1. The van der Waals surface area contributed by atoms with Crippen LogP contribution in [0.4, 0.5) is 0 Å². The molecule has 28 heavy (non-hydrogen) atoms. The van der Waals surface area contributed by atoms with Crippen LogP contribution in [0.2, 0.25) is 0 Å². The van der Waals surface area contributed by atoms with Gasteiger partial charge in [0.2, 0.25) is 0 Å². The first kappa shape index (κ1) is 18.0. The summed E-state index contributed by atoms with van der Waals surface area (Å²) in [5.41, 5.74) is 4.89. The molecule has 0 fully saturated rings. The van der Waals surface area contributed by atoms with E-state index in [1.165, 1.54) is 0 Å². The third-order valence-corrected chi connectivity index (χ3v) is 4.65. The summed E-state index contributed by atoms with van der Waals surface area (Å²) in [6.07, 6.45) is 2.02. The summed E-state index contributed by atoms with van der Waals surface area (Å²) in [5.74, 6) is 0.923. The molecule has 4 heteroatoms. The highest BCUT2D eigenvalue weighted by atomic mass is 16.5. The Hall–Kier alpha value is -3.40. The van der Waals surface area contributed by atoms with Gasteiger partial charge in [-0.1, -0.05) is 36.4 Å². The molecule has 0 unspecified atom stereocenters. The molecule has 0 bridgehead atoms. The largest absolute Gasteiger partial charge is 0.491 e. The van der Waals surface area contributed by atoms with Gasteiger partial charge in [-0.15, -0.1) is 0 Å². The van der Waals surface area contributed by atoms with E-state index >= 15 is 0 Å². The average Bonchev–Trinajstić information content (AvgIpc) is 3.11. The Bertz CT molecular complexity index is 1120. The molecule has 3 aromatic carbocycles. The summed E-state index contributed by atoms with van der Waals surface area (Å²) in [5, 5.41) is 5.64. The average molecular weight is 370 g/mol. The number of hydrogen-bond donors (Lipinski definition) is 0. The fraction of sp³-hybridized carbons (Fsp3) is 0.167. The standard InChI is InChI=1S/C24H22N2O2/c1-16(2)28-23-12-10-22(11-13-23)26-24-14-20(8-9-21(24)15-25-26)19-6-4-18(5-7-19)17(3)27/h4-16H,1-3H3. The first-order valence-electron chi connectivity index (χ1n) is 9.37. The Morgan fingerprint density at radius 3 is 2.25 bits per heavy atom. The van der Waals surface area contributed by atoms with Crippen LogP contribution in [0.5, 0.6) is 5.75 Å². The van der Waals surface area contributed by atoms with E-state index in [9.17, 15) is 4.79 Å². The summed E-state index contributed by atoms with van der Waals surface area (Å²) in [6.45, 7) is 5.61. The zero-order valence-electron chi connectivity index (χ0n) is 16.2. The molecule has 4 aromatic rings. The van der Waals surface area contributed by atoms with Crippen molar-refractivity contribution in [1.82, 2.24) is 9.78 Å². The molecule has 1 heterocycles. The van der Waals surface area contributed by atoms with Crippen LogP contribution in [0.3, 0.4) is 0 Å². The molecule has 0 amide bonds. The summed E-state index contributed by atoms with van der Waals surface area (Å²) >= 11 is 0. The van der Waals surface area contributed by atoms with Crippen molar-refractivity contribution in [3.8, 4) is 22.6 Å². The van der Waals surface area contributed by atoms with Gasteiger partial charge >= 0.3 is 0 Å². The van der Waals surface area contributed by atoms with Crippen LogP contribution in [0, 0.1) is 0 Å². The van der Waals surface area contributed by atoms with Crippen LogP contribution in [0.15, 0.2) is 72.9 Å². The Balaban J connectivity index is 1.71. The Kier molecular flexibility index (Phi) is 4.70. The van der Waals surface area contributed by atoms with Crippen LogP contribution in [-0.2, 0) is 0 Å². The quantitative estimate of drug-likeness (QED) is 0.424. The molecule has 0 saturated carbocycles. The van der Waals surface area contributed by atoms with E-state index in [2.05, 4.69) is 23.3 Å². The molecule has 0 aliphatic heterocycles. The highest BCUT2D eigenvalue weighted by Gasteiger charge is 2.08. The lowest BCUT2D eigenvalue weighted by Gasteiger charge is -2.11. The van der Waals surface area contributed by atoms with Crippen molar-refractivity contribution in [2.24, 2.45) is 0 Å². The van der Waals surface area contributed by atoms with Gasteiger partial charge in [0.25, 0.3) is 0 Å². The summed E-state index contributed by atoms with van der Waals surface area (Å²) in [4.78, 5) is 11.5. The molecule has 0 atom stereocenters. The number of ketones is 1. The molecule has 0 saturated heterocycles.